The highest BCUT2D eigenvalue weighted by atomic mass is 35.5. The molecule has 0 aliphatic carbocycles. The lowest BCUT2D eigenvalue weighted by Gasteiger charge is -2.30. The molecule has 1 aliphatic heterocycles. The molecule has 1 fully saturated rings. The number of nitrogens with zero attached hydrogens (tertiary/aromatic N) is 1. The van der Waals surface area contributed by atoms with E-state index in [0.717, 1.165) is 32.8 Å². The van der Waals surface area contributed by atoms with Crippen LogP contribution in [0.5, 0.6) is 0 Å². The molecule has 0 radical (unpaired) electrons. The minimum Gasteiger partial charge on any atom is -1.00 e. The van der Waals surface area contributed by atoms with Crippen LogP contribution in [0.4, 0.5) is 0 Å². The molecule has 0 amide bonds. The third-order valence-electron chi connectivity index (χ3n) is 1.77. The lowest BCUT2D eigenvalue weighted by molar-refractivity contribution is -0.0170. The monoisotopic (exact) mass is 214 g/mol. The van der Waals surface area contributed by atoms with Crippen molar-refractivity contribution < 1.29 is 29.6 Å². The van der Waals surface area contributed by atoms with E-state index in [4.69, 9.17) is 10.5 Å². The maximum Gasteiger partial charge on any atom is 0.0674 e. The first-order valence-electron chi connectivity index (χ1n) is 3.87. The summed E-state index contributed by atoms with van der Waals surface area (Å²) in [5.74, 6) is 0. The third kappa shape index (κ3) is 5.17. The molecular formula is C7H16Cl2N2O-2. The Bertz CT molecular complexity index is 103. The van der Waals surface area contributed by atoms with Crippen LogP contribution < -0.4 is 30.5 Å². The molecular weight excluding hydrogens is 199 g/mol. The minimum atomic E-state index is 0. The number of nitrogens with two attached hydrogens (primary N) is 1. The summed E-state index contributed by atoms with van der Waals surface area (Å²) >= 11 is 0. The van der Waals surface area contributed by atoms with Crippen molar-refractivity contribution in [2.45, 2.75) is 13.0 Å². The maximum atomic E-state index is 5.42. The molecule has 0 bridgehead atoms. The molecule has 1 atom stereocenters. The Morgan fingerprint density at radius 1 is 1.50 bits per heavy atom. The van der Waals surface area contributed by atoms with Crippen LogP contribution >= 0.6 is 0 Å². The van der Waals surface area contributed by atoms with Gasteiger partial charge in [0.05, 0.1) is 12.7 Å². The summed E-state index contributed by atoms with van der Waals surface area (Å²) in [6.07, 6.45) is 0.389. The molecule has 0 aromatic heterocycles. The van der Waals surface area contributed by atoms with E-state index in [2.05, 4.69) is 11.8 Å². The van der Waals surface area contributed by atoms with Gasteiger partial charge in [0.1, 0.15) is 0 Å². The van der Waals surface area contributed by atoms with E-state index in [1.165, 1.54) is 0 Å². The van der Waals surface area contributed by atoms with Gasteiger partial charge in [0.15, 0.2) is 0 Å². The Morgan fingerprint density at radius 3 is 2.67 bits per heavy atom. The second-order valence-electron chi connectivity index (χ2n) is 2.77. The fraction of sp³-hybridized carbons (Fsp3) is 1.00. The van der Waals surface area contributed by atoms with Crippen LogP contribution in [0.3, 0.4) is 0 Å². The minimum absolute atomic E-state index is 0. The van der Waals surface area contributed by atoms with Crippen LogP contribution in [0.25, 0.3) is 0 Å². The molecule has 0 spiro atoms. The lowest BCUT2D eigenvalue weighted by Crippen LogP contribution is -3.00. The highest BCUT2D eigenvalue weighted by molar-refractivity contribution is 4.67. The third-order valence-corrected chi connectivity index (χ3v) is 1.77. The van der Waals surface area contributed by atoms with Crippen molar-refractivity contribution in [1.82, 2.24) is 4.90 Å². The zero-order chi connectivity index (χ0) is 7.40. The zero-order valence-corrected chi connectivity index (χ0v) is 8.81. The molecule has 1 aliphatic rings. The topological polar surface area (TPSA) is 38.5 Å². The fourth-order valence-corrected chi connectivity index (χ4v) is 1.28. The predicted molar refractivity (Wildman–Crippen MR) is 40.9 cm³/mol. The molecule has 76 valence electrons. The first-order chi connectivity index (χ1) is 4.83. The second kappa shape index (κ2) is 8.08. The quantitative estimate of drug-likeness (QED) is 0.498. The van der Waals surface area contributed by atoms with E-state index in [1.54, 1.807) is 0 Å². The van der Waals surface area contributed by atoms with Crippen LogP contribution in [0.2, 0.25) is 0 Å². The Balaban J connectivity index is 0. The number of ether oxygens (including phenoxy) is 1. The summed E-state index contributed by atoms with van der Waals surface area (Å²) in [7, 11) is 0. The van der Waals surface area contributed by atoms with Gasteiger partial charge in [-0.15, -0.1) is 0 Å². The number of hydrogen-bond donors (Lipinski definition) is 1. The van der Waals surface area contributed by atoms with Gasteiger partial charge in [-0.2, -0.15) is 0 Å². The molecule has 12 heavy (non-hydrogen) atoms. The van der Waals surface area contributed by atoms with Crippen LogP contribution in [-0.2, 0) is 4.74 Å². The number of morpholine rings is 1. The number of halogens is 2. The summed E-state index contributed by atoms with van der Waals surface area (Å²) in [5, 5.41) is 0. The van der Waals surface area contributed by atoms with Gasteiger partial charge in [0, 0.05) is 26.2 Å². The average molecular weight is 215 g/mol. The van der Waals surface area contributed by atoms with Gasteiger partial charge in [0.25, 0.3) is 0 Å². The fourth-order valence-electron chi connectivity index (χ4n) is 1.28. The van der Waals surface area contributed by atoms with Crippen molar-refractivity contribution in [3.05, 3.63) is 0 Å². The molecule has 1 saturated heterocycles. The molecule has 0 aromatic rings. The highest BCUT2D eigenvalue weighted by Gasteiger charge is 2.14. The van der Waals surface area contributed by atoms with Gasteiger partial charge < -0.3 is 35.3 Å². The van der Waals surface area contributed by atoms with Crippen LogP contribution in [0.1, 0.15) is 6.92 Å². The van der Waals surface area contributed by atoms with E-state index in [0.29, 0.717) is 6.10 Å². The first kappa shape index (κ1) is 15.0. The first-order valence-corrected chi connectivity index (χ1v) is 3.87. The number of rotatable bonds is 2. The van der Waals surface area contributed by atoms with Crippen molar-refractivity contribution in [2.24, 2.45) is 5.73 Å². The van der Waals surface area contributed by atoms with Crippen LogP contribution in [-0.4, -0.2) is 43.8 Å². The largest absolute Gasteiger partial charge is 1.00 e. The smallest absolute Gasteiger partial charge is 0.0674 e. The predicted octanol–water partition coefficient (Wildman–Crippen LogP) is -6.33. The van der Waals surface area contributed by atoms with Crippen molar-refractivity contribution >= 4 is 0 Å². The van der Waals surface area contributed by atoms with Crippen molar-refractivity contribution in [3.63, 3.8) is 0 Å². The van der Waals surface area contributed by atoms with E-state index in [1.807, 2.05) is 0 Å². The molecule has 5 heteroatoms. The SMILES string of the molecule is CC1CN(CCN)CCO1.[Cl-].[Cl-]. The maximum absolute atomic E-state index is 5.42. The molecule has 2 N–H and O–H groups in total. The van der Waals surface area contributed by atoms with Gasteiger partial charge >= 0.3 is 0 Å². The molecule has 0 aromatic carbocycles. The zero-order valence-electron chi connectivity index (χ0n) is 7.30. The summed E-state index contributed by atoms with van der Waals surface area (Å²) in [5.41, 5.74) is 5.42. The van der Waals surface area contributed by atoms with E-state index in [-0.39, 0.29) is 24.8 Å². The normalized spacial score (nSPS) is 24.0. The van der Waals surface area contributed by atoms with Gasteiger partial charge in [-0.25, -0.2) is 0 Å². The molecule has 1 heterocycles. The second-order valence-corrected chi connectivity index (χ2v) is 2.77. The van der Waals surface area contributed by atoms with Gasteiger partial charge in [0.2, 0.25) is 0 Å². The Hall–Kier alpha value is 0.460. The Morgan fingerprint density at radius 2 is 2.17 bits per heavy atom. The van der Waals surface area contributed by atoms with Gasteiger partial charge in [-0.1, -0.05) is 0 Å². The molecule has 1 rings (SSSR count). The number of hydrogen-bond acceptors (Lipinski definition) is 3. The van der Waals surface area contributed by atoms with Crippen LogP contribution in [0.15, 0.2) is 0 Å². The van der Waals surface area contributed by atoms with Crippen molar-refractivity contribution in [3.8, 4) is 0 Å². The van der Waals surface area contributed by atoms with E-state index in [9.17, 15) is 0 Å². The van der Waals surface area contributed by atoms with Crippen molar-refractivity contribution in [2.75, 3.05) is 32.8 Å². The summed E-state index contributed by atoms with van der Waals surface area (Å²) in [6, 6.07) is 0. The highest BCUT2D eigenvalue weighted by Crippen LogP contribution is 2.02. The van der Waals surface area contributed by atoms with Crippen molar-refractivity contribution in [1.29, 1.82) is 0 Å². The van der Waals surface area contributed by atoms with E-state index >= 15 is 0 Å². The molecule has 0 saturated carbocycles. The van der Waals surface area contributed by atoms with E-state index < -0.39 is 0 Å². The Kier molecular flexibility index (Phi) is 10.1. The summed E-state index contributed by atoms with van der Waals surface area (Å²) in [6.45, 7) is 6.81. The Labute approximate surface area is 86.4 Å². The summed E-state index contributed by atoms with van der Waals surface area (Å²) in [4.78, 5) is 2.34. The summed E-state index contributed by atoms with van der Waals surface area (Å²) < 4.78 is 5.37. The van der Waals surface area contributed by atoms with Gasteiger partial charge in [-0.3, -0.25) is 4.90 Å². The average Bonchev–Trinajstić information content (AvgIpc) is 1.88. The van der Waals surface area contributed by atoms with Crippen LogP contribution in [0, 0.1) is 0 Å². The standard InChI is InChI=1S/C7H16N2O.2ClH/c1-7-6-9(3-2-8)4-5-10-7;;/h7H,2-6,8H2,1H3;2*1H/p-2. The molecule has 3 nitrogen and oxygen atoms in total. The molecule has 1 unspecified atom stereocenters. The lowest BCUT2D eigenvalue weighted by atomic mass is 10.3. The van der Waals surface area contributed by atoms with Gasteiger partial charge in [-0.05, 0) is 6.92 Å².